The zero-order chi connectivity index (χ0) is 14.3. The smallest absolute Gasteiger partial charge is 0.0749 e. The van der Waals surface area contributed by atoms with Gasteiger partial charge in [0.2, 0.25) is 0 Å². The molecule has 3 rings (SSSR count). The monoisotopic (exact) mass is 494 g/mol. The van der Waals surface area contributed by atoms with Gasteiger partial charge in [0, 0.05) is 24.5 Å². The molecule has 5 heteroatoms. The predicted molar refractivity (Wildman–Crippen MR) is 102 cm³/mol. The third-order valence-corrected chi connectivity index (χ3v) is 8.59. The molecule has 1 unspecified atom stereocenters. The molecule has 0 aliphatic carbocycles. The van der Waals surface area contributed by atoms with Gasteiger partial charge in [-0.3, -0.25) is 0 Å². The normalized spacial score (nSPS) is 16.0. The second kappa shape index (κ2) is 6.45. The van der Waals surface area contributed by atoms with E-state index < -0.39 is 0 Å². The van der Waals surface area contributed by atoms with Crippen molar-refractivity contribution in [3.05, 3.63) is 53.6 Å². The largest absolute Gasteiger partial charge is 0.157 e. The molecule has 2 aromatic rings. The van der Waals surface area contributed by atoms with Crippen LogP contribution in [-0.4, -0.2) is 5.75 Å². The van der Waals surface area contributed by atoms with Crippen molar-refractivity contribution in [2.75, 3.05) is 5.75 Å². The van der Waals surface area contributed by atoms with Gasteiger partial charge in [-0.2, -0.15) is 11.8 Å². The first-order valence-electron chi connectivity index (χ1n) is 6.35. The molecule has 1 aliphatic heterocycles. The standard InChI is InChI=1S/C15H13Br3S2/c1-8-4-12(17)10(6-11(8)16)15(18)14-5-9-7-19-3-2-13(9)20-14/h4-6,15H,2-3,7H2,1H3. The molecule has 1 aromatic heterocycles. The Labute approximate surface area is 153 Å². The topological polar surface area (TPSA) is 0 Å². The van der Waals surface area contributed by atoms with Crippen molar-refractivity contribution in [1.29, 1.82) is 0 Å². The van der Waals surface area contributed by atoms with E-state index in [-0.39, 0.29) is 4.83 Å². The molecule has 106 valence electrons. The van der Waals surface area contributed by atoms with Crippen LogP contribution in [0.5, 0.6) is 0 Å². The molecule has 0 saturated carbocycles. The van der Waals surface area contributed by atoms with Crippen LogP contribution in [-0.2, 0) is 12.2 Å². The highest BCUT2D eigenvalue weighted by molar-refractivity contribution is 9.11. The summed E-state index contributed by atoms with van der Waals surface area (Å²) in [6.45, 7) is 2.11. The van der Waals surface area contributed by atoms with Crippen molar-refractivity contribution in [2.45, 2.75) is 23.9 Å². The highest BCUT2D eigenvalue weighted by Gasteiger charge is 2.21. The Bertz CT molecular complexity index is 625. The van der Waals surface area contributed by atoms with Gasteiger partial charge in [0.25, 0.3) is 0 Å². The SMILES string of the molecule is Cc1cc(Br)c(C(Br)c2cc3c(s2)CCSC3)cc1Br. The molecule has 0 saturated heterocycles. The van der Waals surface area contributed by atoms with Gasteiger partial charge in [-0.25, -0.2) is 0 Å². The Kier molecular flexibility index (Phi) is 5.03. The average molecular weight is 497 g/mol. The fraction of sp³-hybridized carbons (Fsp3) is 0.333. The lowest BCUT2D eigenvalue weighted by Gasteiger charge is -2.12. The van der Waals surface area contributed by atoms with E-state index in [1.807, 2.05) is 23.1 Å². The van der Waals surface area contributed by atoms with E-state index in [1.165, 1.54) is 44.0 Å². The van der Waals surface area contributed by atoms with Gasteiger partial charge in [0.15, 0.2) is 0 Å². The van der Waals surface area contributed by atoms with Crippen LogP contribution in [0.1, 0.15) is 31.3 Å². The Morgan fingerprint density at radius 3 is 2.70 bits per heavy atom. The van der Waals surface area contributed by atoms with E-state index >= 15 is 0 Å². The fourth-order valence-electron chi connectivity index (χ4n) is 2.30. The quantitative estimate of drug-likeness (QED) is 0.409. The lowest BCUT2D eigenvalue weighted by atomic mass is 10.1. The van der Waals surface area contributed by atoms with Crippen molar-refractivity contribution < 1.29 is 0 Å². The maximum atomic E-state index is 3.88. The van der Waals surface area contributed by atoms with Gasteiger partial charge >= 0.3 is 0 Å². The Morgan fingerprint density at radius 1 is 1.15 bits per heavy atom. The molecule has 1 atom stereocenters. The Hall–Kier alpha value is 0.710. The summed E-state index contributed by atoms with van der Waals surface area (Å²) >= 11 is 15.2. The van der Waals surface area contributed by atoms with E-state index in [9.17, 15) is 0 Å². The third-order valence-electron chi connectivity index (χ3n) is 3.45. The van der Waals surface area contributed by atoms with E-state index in [0.29, 0.717) is 0 Å². The number of benzene rings is 1. The Morgan fingerprint density at radius 2 is 1.95 bits per heavy atom. The molecule has 2 heterocycles. The third kappa shape index (κ3) is 3.07. The van der Waals surface area contributed by atoms with Crippen LogP contribution in [0.4, 0.5) is 0 Å². The van der Waals surface area contributed by atoms with Crippen LogP contribution in [0, 0.1) is 6.92 Å². The lowest BCUT2D eigenvalue weighted by Crippen LogP contribution is -1.96. The van der Waals surface area contributed by atoms with Crippen molar-refractivity contribution in [3.63, 3.8) is 0 Å². The van der Waals surface area contributed by atoms with Crippen molar-refractivity contribution >= 4 is 70.9 Å². The molecule has 0 N–H and O–H groups in total. The number of hydrogen-bond donors (Lipinski definition) is 0. The van der Waals surface area contributed by atoms with Gasteiger partial charge in [-0.15, -0.1) is 11.3 Å². The number of thiophene rings is 1. The van der Waals surface area contributed by atoms with Crippen LogP contribution in [0.3, 0.4) is 0 Å². The van der Waals surface area contributed by atoms with Crippen molar-refractivity contribution in [3.8, 4) is 0 Å². The summed E-state index contributed by atoms with van der Waals surface area (Å²) in [4.78, 5) is 3.24. The minimum Gasteiger partial charge on any atom is -0.157 e. The van der Waals surface area contributed by atoms with Gasteiger partial charge < -0.3 is 0 Å². The minimum absolute atomic E-state index is 0.259. The predicted octanol–water partition coefficient (Wildman–Crippen LogP) is 6.86. The molecule has 0 spiro atoms. The van der Waals surface area contributed by atoms with E-state index in [1.54, 1.807) is 4.88 Å². The molecular weight excluding hydrogens is 484 g/mol. The van der Waals surface area contributed by atoms with E-state index in [0.717, 1.165) is 4.47 Å². The second-order valence-corrected chi connectivity index (χ2v) is 9.78. The van der Waals surface area contributed by atoms with Gasteiger partial charge in [-0.05, 0) is 54.0 Å². The van der Waals surface area contributed by atoms with Crippen LogP contribution < -0.4 is 0 Å². The number of thioether (sulfide) groups is 1. The van der Waals surface area contributed by atoms with Gasteiger partial charge in [0.05, 0.1) is 4.83 Å². The minimum atomic E-state index is 0.259. The second-order valence-electron chi connectivity index (χ2n) is 4.89. The number of hydrogen-bond acceptors (Lipinski definition) is 2. The number of alkyl halides is 1. The molecule has 0 radical (unpaired) electrons. The fourth-order valence-corrected chi connectivity index (χ4v) is 6.82. The maximum Gasteiger partial charge on any atom is 0.0749 e. The van der Waals surface area contributed by atoms with Crippen molar-refractivity contribution in [1.82, 2.24) is 0 Å². The zero-order valence-electron chi connectivity index (χ0n) is 10.9. The maximum absolute atomic E-state index is 3.88. The average Bonchev–Trinajstić information content (AvgIpc) is 2.86. The number of halogens is 3. The summed E-state index contributed by atoms with van der Waals surface area (Å²) in [6.07, 6.45) is 1.23. The number of rotatable bonds is 2. The van der Waals surface area contributed by atoms with Gasteiger partial charge in [0.1, 0.15) is 0 Å². The van der Waals surface area contributed by atoms with E-state index in [2.05, 4.69) is 72.9 Å². The zero-order valence-corrected chi connectivity index (χ0v) is 17.3. The van der Waals surface area contributed by atoms with Crippen LogP contribution in [0.2, 0.25) is 0 Å². The molecule has 0 amide bonds. The summed E-state index contributed by atoms with van der Waals surface area (Å²) in [5.74, 6) is 2.43. The van der Waals surface area contributed by atoms with Crippen LogP contribution in [0.25, 0.3) is 0 Å². The Balaban J connectivity index is 1.98. The summed E-state index contributed by atoms with van der Waals surface area (Å²) in [6, 6.07) is 6.77. The summed E-state index contributed by atoms with van der Waals surface area (Å²) in [5, 5.41) is 0. The first-order valence-corrected chi connectivity index (χ1v) is 10.8. The summed E-state index contributed by atoms with van der Waals surface area (Å²) in [7, 11) is 0. The molecule has 0 fully saturated rings. The molecule has 0 bridgehead atoms. The van der Waals surface area contributed by atoms with E-state index in [4.69, 9.17) is 0 Å². The molecule has 1 aromatic carbocycles. The number of aryl methyl sites for hydroxylation is 2. The molecular formula is C15H13Br3S2. The lowest BCUT2D eigenvalue weighted by molar-refractivity contribution is 1.13. The summed E-state index contributed by atoms with van der Waals surface area (Å²) < 4.78 is 2.33. The van der Waals surface area contributed by atoms with Gasteiger partial charge in [-0.1, -0.05) is 47.8 Å². The molecule has 20 heavy (non-hydrogen) atoms. The summed E-state index contributed by atoms with van der Waals surface area (Å²) in [5.41, 5.74) is 4.07. The highest BCUT2D eigenvalue weighted by atomic mass is 79.9. The first-order chi connectivity index (χ1) is 9.56. The van der Waals surface area contributed by atoms with Crippen LogP contribution >= 0.6 is 70.9 Å². The van der Waals surface area contributed by atoms with Crippen molar-refractivity contribution in [2.24, 2.45) is 0 Å². The first kappa shape index (κ1) is 15.6. The molecule has 1 aliphatic rings. The molecule has 0 nitrogen and oxygen atoms in total. The highest BCUT2D eigenvalue weighted by Crippen LogP contribution is 2.43. The number of fused-ring (bicyclic) bond motifs is 1. The van der Waals surface area contributed by atoms with Crippen LogP contribution in [0.15, 0.2) is 27.1 Å².